The Morgan fingerprint density at radius 2 is 2.10 bits per heavy atom. The highest BCUT2D eigenvalue weighted by Crippen LogP contribution is 2.22. The zero-order valence-corrected chi connectivity index (χ0v) is 12.0. The van der Waals surface area contributed by atoms with E-state index >= 15 is 0 Å². The van der Waals surface area contributed by atoms with E-state index in [0.717, 1.165) is 5.56 Å². The number of hydrogen-bond acceptors (Lipinski definition) is 4. The number of nitrogens with one attached hydrogen (secondary N) is 1. The van der Waals surface area contributed by atoms with E-state index in [2.05, 4.69) is 10.3 Å². The molecule has 3 N–H and O–H groups in total. The second kappa shape index (κ2) is 7.67. The topological polar surface area (TPSA) is 81.2 Å². The fourth-order valence-corrected chi connectivity index (χ4v) is 1.77. The van der Waals surface area contributed by atoms with Crippen LogP contribution in [0.3, 0.4) is 0 Å². The van der Waals surface area contributed by atoms with E-state index in [4.69, 9.17) is 10.2 Å². The van der Waals surface area contributed by atoms with Crippen LogP contribution in [0.5, 0.6) is 0 Å². The lowest BCUT2D eigenvalue weighted by Crippen LogP contribution is -2.29. The van der Waals surface area contributed by atoms with E-state index in [1.165, 1.54) is 6.39 Å². The molecule has 0 fully saturated rings. The summed E-state index contributed by atoms with van der Waals surface area (Å²) in [6.45, 7) is 2.14. The predicted molar refractivity (Wildman–Crippen MR) is 79.3 cm³/mol. The molecule has 6 heteroatoms. The number of carbonyl (C=O) groups excluding carboxylic acids is 1. The molecule has 1 unspecified atom stereocenters. The van der Waals surface area contributed by atoms with Crippen LogP contribution < -0.4 is 11.1 Å². The number of nitrogens with zero attached hydrogens (tertiary/aromatic N) is 1. The van der Waals surface area contributed by atoms with Crippen molar-refractivity contribution in [3.8, 4) is 11.3 Å². The van der Waals surface area contributed by atoms with Crippen LogP contribution in [0.1, 0.15) is 19.0 Å². The van der Waals surface area contributed by atoms with Gasteiger partial charge in [-0.05, 0) is 6.92 Å². The number of rotatable bonds is 5. The summed E-state index contributed by atoms with van der Waals surface area (Å²) < 4.78 is 5.38. The maximum absolute atomic E-state index is 11.5. The highest BCUT2D eigenvalue weighted by atomic mass is 35.5. The number of amides is 1. The molecular formula is C14H18ClN3O2. The Morgan fingerprint density at radius 1 is 1.40 bits per heavy atom. The highest BCUT2D eigenvalue weighted by molar-refractivity contribution is 5.85. The van der Waals surface area contributed by atoms with Crippen molar-refractivity contribution in [2.24, 2.45) is 5.73 Å². The summed E-state index contributed by atoms with van der Waals surface area (Å²) in [6.07, 6.45) is 1.69. The molecule has 1 atom stereocenters. The van der Waals surface area contributed by atoms with Gasteiger partial charge in [0.05, 0.1) is 6.54 Å². The molecule has 0 saturated heterocycles. The minimum Gasteiger partial charge on any atom is -0.443 e. The van der Waals surface area contributed by atoms with Gasteiger partial charge in [0, 0.05) is 18.0 Å². The van der Waals surface area contributed by atoms with Crippen LogP contribution in [0.4, 0.5) is 0 Å². The Hall–Kier alpha value is -1.85. The lowest BCUT2D eigenvalue weighted by atomic mass is 10.1. The van der Waals surface area contributed by atoms with Crippen molar-refractivity contribution in [3.63, 3.8) is 0 Å². The van der Waals surface area contributed by atoms with E-state index in [0.29, 0.717) is 24.4 Å². The SMILES string of the molecule is CC(N)CC(=O)NCc1ncoc1-c1ccccc1.Cl. The van der Waals surface area contributed by atoms with Crippen molar-refractivity contribution in [1.82, 2.24) is 10.3 Å². The van der Waals surface area contributed by atoms with Crippen molar-refractivity contribution in [2.75, 3.05) is 0 Å². The summed E-state index contributed by atoms with van der Waals surface area (Å²) >= 11 is 0. The molecule has 0 spiro atoms. The summed E-state index contributed by atoms with van der Waals surface area (Å²) in [6, 6.07) is 9.52. The van der Waals surface area contributed by atoms with Gasteiger partial charge in [-0.3, -0.25) is 4.79 Å². The molecule has 0 saturated carbocycles. The van der Waals surface area contributed by atoms with Crippen LogP contribution >= 0.6 is 12.4 Å². The summed E-state index contributed by atoms with van der Waals surface area (Å²) in [5.41, 5.74) is 7.22. The zero-order valence-electron chi connectivity index (χ0n) is 11.2. The van der Waals surface area contributed by atoms with Crippen LogP contribution in [-0.4, -0.2) is 16.9 Å². The Kier molecular flexibility index (Phi) is 6.21. The average molecular weight is 296 g/mol. The molecule has 0 aliphatic heterocycles. The Balaban J connectivity index is 0.00000200. The van der Waals surface area contributed by atoms with Crippen LogP contribution in [0.15, 0.2) is 41.1 Å². The molecule has 1 aromatic heterocycles. The monoisotopic (exact) mass is 295 g/mol. The summed E-state index contributed by atoms with van der Waals surface area (Å²) in [7, 11) is 0. The number of nitrogens with two attached hydrogens (primary N) is 1. The maximum atomic E-state index is 11.5. The fourth-order valence-electron chi connectivity index (χ4n) is 1.77. The van der Waals surface area contributed by atoms with Gasteiger partial charge in [0.1, 0.15) is 5.69 Å². The van der Waals surface area contributed by atoms with Crippen molar-refractivity contribution >= 4 is 18.3 Å². The predicted octanol–water partition coefficient (Wildman–Crippen LogP) is 2.12. The number of carbonyl (C=O) groups is 1. The maximum Gasteiger partial charge on any atom is 0.221 e. The molecule has 5 nitrogen and oxygen atoms in total. The van der Waals surface area contributed by atoms with Crippen molar-refractivity contribution in [2.45, 2.75) is 25.9 Å². The van der Waals surface area contributed by atoms with Crippen LogP contribution in [0.2, 0.25) is 0 Å². The van der Waals surface area contributed by atoms with Crippen LogP contribution in [0, 0.1) is 0 Å². The minimum absolute atomic E-state index is 0. The molecule has 0 bridgehead atoms. The van der Waals surface area contributed by atoms with E-state index < -0.39 is 0 Å². The molecule has 0 aliphatic carbocycles. The molecule has 1 aromatic carbocycles. The fraction of sp³-hybridized carbons (Fsp3) is 0.286. The standard InChI is InChI=1S/C14H17N3O2.ClH/c1-10(15)7-13(18)16-8-12-14(19-9-17-12)11-5-3-2-4-6-11;/h2-6,9-10H,7-8,15H2,1H3,(H,16,18);1H. The lowest BCUT2D eigenvalue weighted by molar-refractivity contribution is -0.121. The van der Waals surface area contributed by atoms with Gasteiger partial charge in [0.2, 0.25) is 5.91 Å². The molecular weight excluding hydrogens is 278 g/mol. The molecule has 20 heavy (non-hydrogen) atoms. The van der Waals surface area contributed by atoms with Gasteiger partial charge >= 0.3 is 0 Å². The van der Waals surface area contributed by atoms with E-state index in [1.54, 1.807) is 6.92 Å². The number of aromatic nitrogens is 1. The first-order chi connectivity index (χ1) is 9.16. The Bertz CT molecular complexity index is 540. The van der Waals surface area contributed by atoms with Gasteiger partial charge < -0.3 is 15.5 Å². The molecule has 1 heterocycles. The van der Waals surface area contributed by atoms with E-state index in [1.807, 2.05) is 30.3 Å². The zero-order chi connectivity index (χ0) is 13.7. The minimum atomic E-state index is -0.147. The van der Waals surface area contributed by atoms with E-state index in [9.17, 15) is 4.79 Å². The van der Waals surface area contributed by atoms with Crippen molar-refractivity contribution < 1.29 is 9.21 Å². The second-order valence-electron chi connectivity index (χ2n) is 4.45. The molecule has 1 amide bonds. The number of oxazole rings is 1. The first-order valence-corrected chi connectivity index (χ1v) is 6.17. The molecule has 2 aromatic rings. The van der Waals surface area contributed by atoms with Gasteiger partial charge in [-0.25, -0.2) is 4.98 Å². The Labute approximate surface area is 124 Å². The van der Waals surface area contributed by atoms with Gasteiger partial charge in [-0.1, -0.05) is 30.3 Å². The second-order valence-corrected chi connectivity index (χ2v) is 4.45. The first-order valence-electron chi connectivity index (χ1n) is 6.17. The van der Waals surface area contributed by atoms with Gasteiger partial charge in [0.15, 0.2) is 12.2 Å². The van der Waals surface area contributed by atoms with Gasteiger partial charge in [0.25, 0.3) is 0 Å². The molecule has 0 radical (unpaired) electrons. The highest BCUT2D eigenvalue weighted by Gasteiger charge is 2.12. The summed E-state index contributed by atoms with van der Waals surface area (Å²) in [5.74, 6) is 0.596. The number of hydrogen-bond donors (Lipinski definition) is 2. The smallest absolute Gasteiger partial charge is 0.221 e. The van der Waals surface area contributed by atoms with Crippen LogP contribution in [0.25, 0.3) is 11.3 Å². The largest absolute Gasteiger partial charge is 0.443 e. The normalized spacial score (nSPS) is 11.5. The van der Waals surface area contributed by atoms with Gasteiger partial charge in [-0.2, -0.15) is 0 Å². The quantitative estimate of drug-likeness (QED) is 0.885. The average Bonchev–Trinajstić information content (AvgIpc) is 2.85. The molecule has 108 valence electrons. The molecule has 0 aliphatic rings. The number of halogens is 1. The van der Waals surface area contributed by atoms with Gasteiger partial charge in [-0.15, -0.1) is 12.4 Å². The molecule has 2 rings (SSSR count). The third kappa shape index (κ3) is 4.36. The van der Waals surface area contributed by atoms with Crippen molar-refractivity contribution in [3.05, 3.63) is 42.4 Å². The Morgan fingerprint density at radius 3 is 2.75 bits per heavy atom. The third-order valence-electron chi connectivity index (χ3n) is 2.64. The first kappa shape index (κ1) is 16.2. The van der Waals surface area contributed by atoms with Crippen molar-refractivity contribution in [1.29, 1.82) is 0 Å². The van der Waals surface area contributed by atoms with Crippen LogP contribution in [-0.2, 0) is 11.3 Å². The summed E-state index contributed by atoms with van der Waals surface area (Å²) in [5, 5.41) is 2.79. The van der Waals surface area contributed by atoms with E-state index in [-0.39, 0.29) is 24.4 Å². The lowest BCUT2D eigenvalue weighted by Gasteiger charge is -2.06. The number of benzene rings is 1. The third-order valence-corrected chi connectivity index (χ3v) is 2.64. The summed E-state index contributed by atoms with van der Waals surface area (Å²) in [4.78, 5) is 15.7.